The van der Waals surface area contributed by atoms with Gasteiger partial charge in [-0.1, -0.05) is 12.1 Å². The highest BCUT2D eigenvalue weighted by Gasteiger charge is 2.17. The van der Waals surface area contributed by atoms with Crippen LogP contribution < -0.4 is 20.1 Å². The van der Waals surface area contributed by atoms with Gasteiger partial charge in [0, 0.05) is 37.0 Å². The number of amides is 1. The second-order valence-electron chi connectivity index (χ2n) is 7.67. The monoisotopic (exact) mass is 566 g/mol. The summed E-state index contributed by atoms with van der Waals surface area (Å²) in [6.07, 6.45) is 3.41. The third-order valence-electron chi connectivity index (χ3n) is 5.33. The molecule has 0 aromatic heterocycles. The van der Waals surface area contributed by atoms with Gasteiger partial charge in [-0.3, -0.25) is 4.79 Å². The SMILES string of the molecule is CCNC(=NCc1ccc(C(=O)N2CCCCC2)cc1)Nc1ccc(OC)c(OCC)c1.I. The van der Waals surface area contributed by atoms with Crippen LogP contribution in [0.4, 0.5) is 5.69 Å². The van der Waals surface area contributed by atoms with Crippen molar-refractivity contribution in [2.24, 2.45) is 4.99 Å². The van der Waals surface area contributed by atoms with Gasteiger partial charge in [0.1, 0.15) is 0 Å². The topological polar surface area (TPSA) is 75.2 Å². The van der Waals surface area contributed by atoms with E-state index >= 15 is 0 Å². The van der Waals surface area contributed by atoms with E-state index in [1.54, 1.807) is 7.11 Å². The molecule has 0 unspecified atom stereocenters. The van der Waals surface area contributed by atoms with E-state index in [-0.39, 0.29) is 29.9 Å². The van der Waals surface area contributed by atoms with Gasteiger partial charge >= 0.3 is 0 Å². The van der Waals surface area contributed by atoms with Crippen LogP contribution in [0.25, 0.3) is 0 Å². The van der Waals surface area contributed by atoms with Crippen molar-refractivity contribution < 1.29 is 14.3 Å². The summed E-state index contributed by atoms with van der Waals surface area (Å²) in [4.78, 5) is 19.3. The van der Waals surface area contributed by atoms with Crippen molar-refractivity contribution >= 4 is 41.5 Å². The molecule has 0 radical (unpaired) electrons. The number of halogens is 1. The van der Waals surface area contributed by atoms with E-state index in [1.165, 1.54) is 6.42 Å². The fourth-order valence-corrected chi connectivity index (χ4v) is 3.67. The number of piperidine rings is 1. The largest absolute Gasteiger partial charge is 0.493 e. The summed E-state index contributed by atoms with van der Waals surface area (Å²) in [5.41, 5.74) is 2.64. The molecule has 0 aliphatic carbocycles. The molecule has 2 N–H and O–H groups in total. The number of hydrogen-bond acceptors (Lipinski definition) is 4. The van der Waals surface area contributed by atoms with E-state index in [0.717, 1.165) is 49.3 Å². The van der Waals surface area contributed by atoms with Crippen molar-refractivity contribution in [3.63, 3.8) is 0 Å². The molecule has 7 nitrogen and oxygen atoms in total. The predicted molar refractivity (Wildman–Crippen MR) is 144 cm³/mol. The van der Waals surface area contributed by atoms with Crippen LogP contribution in [-0.2, 0) is 6.54 Å². The van der Waals surface area contributed by atoms with Gasteiger partial charge in [-0.25, -0.2) is 4.99 Å². The average molecular weight is 566 g/mol. The fraction of sp³-hybridized carbons (Fsp3) is 0.440. The third-order valence-corrected chi connectivity index (χ3v) is 5.33. The minimum absolute atomic E-state index is 0. The second kappa shape index (κ2) is 13.9. The second-order valence-corrected chi connectivity index (χ2v) is 7.67. The Morgan fingerprint density at radius 2 is 1.76 bits per heavy atom. The van der Waals surface area contributed by atoms with Crippen molar-refractivity contribution in [3.8, 4) is 11.5 Å². The predicted octanol–water partition coefficient (Wildman–Crippen LogP) is 4.92. The first-order valence-corrected chi connectivity index (χ1v) is 11.4. The summed E-state index contributed by atoms with van der Waals surface area (Å²) in [5.74, 6) is 2.18. The van der Waals surface area contributed by atoms with Gasteiger partial charge in [0.25, 0.3) is 5.91 Å². The molecule has 0 bridgehead atoms. The van der Waals surface area contributed by atoms with E-state index in [0.29, 0.717) is 30.6 Å². The lowest BCUT2D eigenvalue weighted by Gasteiger charge is -2.26. The van der Waals surface area contributed by atoms with Gasteiger partial charge in [0.2, 0.25) is 0 Å². The smallest absolute Gasteiger partial charge is 0.253 e. The van der Waals surface area contributed by atoms with Crippen molar-refractivity contribution in [2.75, 3.05) is 38.7 Å². The first-order valence-electron chi connectivity index (χ1n) is 11.4. The Bertz CT molecular complexity index is 912. The quantitative estimate of drug-likeness (QED) is 0.270. The Kier molecular flexibility index (Phi) is 11.3. The van der Waals surface area contributed by atoms with E-state index in [2.05, 4.69) is 15.6 Å². The molecule has 1 aliphatic rings. The summed E-state index contributed by atoms with van der Waals surface area (Å²) in [6.45, 7) is 7.49. The standard InChI is InChI=1S/C25H34N4O3.HI/c1-4-26-25(28-21-13-14-22(31-3)23(17-21)32-5-2)27-18-19-9-11-20(12-10-19)24(30)29-15-7-6-8-16-29;/h9-14,17H,4-8,15-16,18H2,1-3H3,(H2,26,27,28);1H. The van der Waals surface area contributed by atoms with Gasteiger partial charge in [-0.15, -0.1) is 24.0 Å². The molecule has 1 amide bonds. The number of benzene rings is 2. The molecule has 33 heavy (non-hydrogen) atoms. The lowest BCUT2D eigenvalue weighted by atomic mass is 10.1. The number of methoxy groups -OCH3 is 1. The Hall–Kier alpha value is -2.49. The maximum atomic E-state index is 12.6. The molecule has 1 saturated heterocycles. The molecule has 0 spiro atoms. The average Bonchev–Trinajstić information content (AvgIpc) is 2.83. The Balaban J connectivity index is 0.00000385. The molecular formula is C25H35IN4O3. The lowest BCUT2D eigenvalue weighted by molar-refractivity contribution is 0.0724. The molecule has 8 heteroatoms. The zero-order chi connectivity index (χ0) is 22.8. The van der Waals surface area contributed by atoms with Crippen LogP contribution in [-0.4, -0.2) is 50.1 Å². The lowest BCUT2D eigenvalue weighted by Crippen LogP contribution is -2.35. The number of carbonyl (C=O) groups is 1. The van der Waals surface area contributed by atoms with Gasteiger partial charge < -0.3 is 25.0 Å². The highest BCUT2D eigenvalue weighted by molar-refractivity contribution is 14.0. The van der Waals surface area contributed by atoms with Crippen LogP contribution in [0.1, 0.15) is 49.0 Å². The summed E-state index contributed by atoms with van der Waals surface area (Å²) in [6, 6.07) is 13.5. The molecule has 2 aromatic carbocycles. The number of ether oxygens (including phenoxy) is 2. The number of anilines is 1. The number of carbonyl (C=O) groups excluding carboxylic acids is 1. The maximum Gasteiger partial charge on any atom is 0.253 e. The van der Waals surface area contributed by atoms with E-state index in [4.69, 9.17) is 9.47 Å². The number of guanidine groups is 1. The molecule has 2 aromatic rings. The zero-order valence-corrected chi connectivity index (χ0v) is 22.1. The Labute approximate surface area is 214 Å². The number of aliphatic imine (C=N–C) groups is 1. The Morgan fingerprint density at radius 3 is 2.39 bits per heavy atom. The van der Waals surface area contributed by atoms with Crippen molar-refractivity contribution in [3.05, 3.63) is 53.6 Å². The van der Waals surface area contributed by atoms with Crippen molar-refractivity contribution in [1.29, 1.82) is 0 Å². The van der Waals surface area contributed by atoms with Gasteiger partial charge in [0.15, 0.2) is 17.5 Å². The number of likely N-dealkylation sites (tertiary alicyclic amines) is 1. The van der Waals surface area contributed by atoms with Crippen LogP contribution in [0, 0.1) is 0 Å². The molecule has 3 rings (SSSR count). The fourth-order valence-electron chi connectivity index (χ4n) is 3.67. The van der Waals surface area contributed by atoms with E-state index in [9.17, 15) is 4.79 Å². The summed E-state index contributed by atoms with van der Waals surface area (Å²) < 4.78 is 11.0. The minimum atomic E-state index is 0. The Morgan fingerprint density at radius 1 is 1.03 bits per heavy atom. The first-order chi connectivity index (χ1) is 15.6. The van der Waals surface area contributed by atoms with Crippen LogP contribution in [0.15, 0.2) is 47.5 Å². The van der Waals surface area contributed by atoms with Gasteiger partial charge in [-0.05, 0) is 62.9 Å². The normalized spacial score (nSPS) is 13.7. The number of rotatable bonds is 8. The van der Waals surface area contributed by atoms with Crippen LogP contribution in [0.3, 0.4) is 0 Å². The molecule has 1 fully saturated rings. The van der Waals surface area contributed by atoms with Gasteiger partial charge in [0.05, 0.1) is 20.3 Å². The van der Waals surface area contributed by atoms with E-state index < -0.39 is 0 Å². The molecule has 180 valence electrons. The highest BCUT2D eigenvalue weighted by atomic mass is 127. The van der Waals surface area contributed by atoms with Crippen molar-refractivity contribution in [2.45, 2.75) is 39.7 Å². The molecule has 1 heterocycles. The summed E-state index contributed by atoms with van der Waals surface area (Å²) >= 11 is 0. The minimum Gasteiger partial charge on any atom is -0.493 e. The number of hydrogen-bond donors (Lipinski definition) is 2. The third kappa shape index (κ3) is 7.80. The highest BCUT2D eigenvalue weighted by Crippen LogP contribution is 2.30. The number of nitrogens with one attached hydrogen (secondary N) is 2. The zero-order valence-electron chi connectivity index (χ0n) is 19.7. The molecule has 0 atom stereocenters. The van der Waals surface area contributed by atoms with Crippen LogP contribution in [0.2, 0.25) is 0 Å². The summed E-state index contributed by atoms with van der Waals surface area (Å²) in [5, 5.41) is 6.58. The van der Waals surface area contributed by atoms with Gasteiger partial charge in [-0.2, -0.15) is 0 Å². The maximum absolute atomic E-state index is 12.6. The van der Waals surface area contributed by atoms with E-state index in [1.807, 2.05) is 61.2 Å². The molecule has 0 saturated carbocycles. The number of nitrogens with zero attached hydrogens (tertiary/aromatic N) is 2. The van der Waals surface area contributed by atoms with Crippen LogP contribution >= 0.6 is 24.0 Å². The van der Waals surface area contributed by atoms with Crippen molar-refractivity contribution in [1.82, 2.24) is 10.2 Å². The summed E-state index contributed by atoms with van der Waals surface area (Å²) in [7, 11) is 1.63. The van der Waals surface area contributed by atoms with Crippen LogP contribution in [0.5, 0.6) is 11.5 Å². The first kappa shape index (κ1) is 26.8. The molecular weight excluding hydrogens is 531 g/mol. The molecule has 1 aliphatic heterocycles.